The predicted molar refractivity (Wildman–Crippen MR) is 188 cm³/mol. The lowest BCUT2D eigenvalue weighted by Gasteiger charge is -2.13. The van der Waals surface area contributed by atoms with E-state index >= 15 is 0 Å². The molecule has 48 heavy (non-hydrogen) atoms. The normalized spacial score (nSPS) is 10.4. The molecule has 6 heteroatoms. The Morgan fingerprint density at radius 3 is 1.23 bits per heavy atom. The standard InChI is InChI=1S/C42H24N6/c1-45-41-14-15-48-42(21-41)35-12-10-32(11-13-35)38-19-36(30-2-6-33(7-3-30)39-16-28(22-43)24-46-26-39)18-37(20-38)31-4-8-34(9-5-31)40-17-29(23-44)25-47-27-40/h2-21,24-27H. The molecule has 0 aliphatic rings. The molecule has 0 spiro atoms. The fourth-order valence-electron chi connectivity index (χ4n) is 5.64. The van der Waals surface area contributed by atoms with Gasteiger partial charge in [0.15, 0.2) is 5.69 Å². The van der Waals surface area contributed by atoms with Crippen molar-refractivity contribution in [2.24, 2.45) is 0 Å². The zero-order chi connectivity index (χ0) is 32.9. The summed E-state index contributed by atoms with van der Waals surface area (Å²) in [6, 6.07) is 42.9. The highest BCUT2D eigenvalue weighted by Crippen LogP contribution is 2.35. The molecule has 0 saturated heterocycles. The van der Waals surface area contributed by atoms with Crippen LogP contribution < -0.4 is 0 Å². The van der Waals surface area contributed by atoms with Crippen LogP contribution >= 0.6 is 0 Å². The van der Waals surface area contributed by atoms with Gasteiger partial charge in [-0.05, 0) is 92.5 Å². The van der Waals surface area contributed by atoms with Crippen molar-refractivity contribution in [2.75, 3.05) is 0 Å². The lowest BCUT2D eigenvalue weighted by molar-refractivity contribution is 1.30. The number of nitriles is 2. The molecule has 6 nitrogen and oxygen atoms in total. The minimum Gasteiger partial charge on any atom is -0.263 e. The fourth-order valence-corrected chi connectivity index (χ4v) is 5.64. The summed E-state index contributed by atoms with van der Waals surface area (Å²) in [4.78, 5) is 16.4. The van der Waals surface area contributed by atoms with E-state index in [0.29, 0.717) is 16.8 Å². The van der Waals surface area contributed by atoms with Gasteiger partial charge >= 0.3 is 0 Å². The minimum atomic E-state index is 0.523. The molecule has 0 saturated carbocycles. The molecule has 0 fully saturated rings. The first kappa shape index (κ1) is 29.5. The first-order valence-corrected chi connectivity index (χ1v) is 15.1. The Morgan fingerprint density at radius 1 is 0.438 bits per heavy atom. The third-order valence-electron chi connectivity index (χ3n) is 8.16. The van der Waals surface area contributed by atoms with Gasteiger partial charge < -0.3 is 0 Å². The molecule has 0 aliphatic heterocycles. The van der Waals surface area contributed by atoms with Crippen molar-refractivity contribution in [3.05, 3.63) is 169 Å². The van der Waals surface area contributed by atoms with Crippen LogP contribution in [0.15, 0.2) is 146 Å². The monoisotopic (exact) mass is 612 g/mol. The number of rotatable bonds is 6. The van der Waals surface area contributed by atoms with Crippen molar-refractivity contribution in [2.45, 2.75) is 0 Å². The third kappa shape index (κ3) is 6.17. The molecule has 0 amide bonds. The molecule has 3 aromatic heterocycles. The van der Waals surface area contributed by atoms with Gasteiger partial charge in [-0.1, -0.05) is 72.8 Å². The zero-order valence-corrected chi connectivity index (χ0v) is 25.5. The molecule has 7 rings (SSSR count). The third-order valence-corrected chi connectivity index (χ3v) is 8.16. The summed E-state index contributed by atoms with van der Waals surface area (Å²) in [5.74, 6) is 0. The Bertz CT molecular complexity index is 2120. The van der Waals surface area contributed by atoms with Crippen molar-refractivity contribution in [3.63, 3.8) is 0 Å². The van der Waals surface area contributed by atoms with Gasteiger partial charge in [-0.3, -0.25) is 15.0 Å². The molecule has 0 N–H and O–H groups in total. The summed E-state index contributed by atoms with van der Waals surface area (Å²) < 4.78 is 0. The minimum absolute atomic E-state index is 0.523. The summed E-state index contributed by atoms with van der Waals surface area (Å²) in [6.45, 7) is 7.34. The summed E-state index contributed by atoms with van der Waals surface area (Å²) in [6.07, 6.45) is 8.32. The van der Waals surface area contributed by atoms with Gasteiger partial charge in [0.05, 0.1) is 23.4 Å². The predicted octanol–water partition coefficient (Wildman–Crippen LogP) is 10.2. The summed E-state index contributed by atoms with van der Waals surface area (Å²) in [5, 5.41) is 18.6. The molecule has 0 aliphatic carbocycles. The van der Waals surface area contributed by atoms with Crippen LogP contribution in [0, 0.1) is 29.2 Å². The molecule has 222 valence electrons. The van der Waals surface area contributed by atoms with Gasteiger partial charge in [0.2, 0.25) is 0 Å². The molecule has 0 unspecified atom stereocenters. The van der Waals surface area contributed by atoms with Crippen molar-refractivity contribution in [1.29, 1.82) is 10.5 Å². The van der Waals surface area contributed by atoms with E-state index in [1.807, 2.05) is 24.3 Å². The van der Waals surface area contributed by atoms with E-state index < -0.39 is 0 Å². The maximum absolute atomic E-state index is 9.31. The van der Waals surface area contributed by atoms with Gasteiger partial charge in [0, 0.05) is 42.1 Å². The Hall–Kier alpha value is -7.20. The van der Waals surface area contributed by atoms with E-state index in [9.17, 15) is 10.5 Å². The highest BCUT2D eigenvalue weighted by Gasteiger charge is 2.11. The van der Waals surface area contributed by atoms with Crippen LogP contribution in [0.25, 0.3) is 71.7 Å². The Kier molecular flexibility index (Phi) is 8.01. The highest BCUT2D eigenvalue weighted by molar-refractivity contribution is 5.83. The molecule has 3 heterocycles. The average molecular weight is 613 g/mol. The zero-order valence-electron chi connectivity index (χ0n) is 25.5. The van der Waals surface area contributed by atoms with Crippen molar-refractivity contribution in [1.82, 2.24) is 15.0 Å². The van der Waals surface area contributed by atoms with Gasteiger partial charge in [0.25, 0.3) is 0 Å². The summed E-state index contributed by atoms with van der Waals surface area (Å²) in [5.41, 5.74) is 13.4. The molecule has 4 aromatic carbocycles. The van der Waals surface area contributed by atoms with Crippen molar-refractivity contribution in [3.8, 4) is 79.0 Å². The number of pyridine rings is 3. The second-order valence-corrected chi connectivity index (χ2v) is 11.2. The van der Waals surface area contributed by atoms with Gasteiger partial charge in [-0.25, -0.2) is 4.85 Å². The quantitative estimate of drug-likeness (QED) is 0.174. The van der Waals surface area contributed by atoms with E-state index in [0.717, 1.165) is 66.9 Å². The first-order valence-electron chi connectivity index (χ1n) is 15.1. The number of hydrogen-bond donors (Lipinski definition) is 0. The highest BCUT2D eigenvalue weighted by atomic mass is 14.7. The molecule has 0 bridgehead atoms. The van der Waals surface area contributed by atoms with E-state index in [-0.39, 0.29) is 0 Å². The van der Waals surface area contributed by atoms with Crippen LogP contribution in [0.2, 0.25) is 0 Å². The van der Waals surface area contributed by atoms with E-state index in [1.54, 1.807) is 43.1 Å². The Labute approximate surface area is 278 Å². The summed E-state index contributed by atoms with van der Waals surface area (Å²) in [7, 11) is 0. The van der Waals surface area contributed by atoms with Gasteiger partial charge in [-0.15, -0.1) is 0 Å². The van der Waals surface area contributed by atoms with Crippen molar-refractivity contribution >= 4 is 5.69 Å². The fraction of sp³-hybridized carbons (Fsp3) is 0. The van der Waals surface area contributed by atoms with Crippen LogP contribution in [0.4, 0.5) is 5.69 Å². The van der Waals surface area contributed by atoms with Gasteiger partial charge in [-0.2, -0.15) is 10.5 Å². The molecule has 0 atom stereocenters. The number of aromatic nitrogens is 3. The maximum atomic E-state index is 9.31. The van der Waals surface area contributed by atoms with Crippen LogP contribution in [0.1, 0.15) is 11.1 Å². The maximum Gasteiger partial charge on any atom is 0.190 e. The Balaban J connectivity index is 1.28. The van der Waals surface area contributed by atoms with Crippen LogP contribution in [-0.4, -0.2) is 15.0 Å². The van der Waals surface area contributed by atoms with E-state index in [4.69, 9.17) is 6.57 Å². The second kappa shape index (κ2) is 13.0. The summed E-state index contributed by atoms with van der Waals surface area (Å²) >= 11 is 0. The van der Waals surface area contributed by atoms with Crippen LogP contribution in [-0.2, 0) is 0 Å². The number of hydrogen-bond acceptors (Lipinski definition) is 5. The van der Waals surface area contributed by atoms with E-state index in [2.05, 4.69) is 111 Å². The molecular formula is C42H24N6. The smallest absolute Gasteiger partial charge is 0.190 e. The Morgan fingerprint density at radius 2 is 0.833 bits per heavy atom. The van der Waals surface area contributed by atoms with Crippen LogP contribution in [0.5, 0.6) is 0 Å². The first-order chi connectivity index (χ1) is 23.6. The number of nitrogens with zero attached hydrogens (tertiary/aromatic N) is 6. The lowest BCUT2D eigenvalue weighted by atomic mass is 9.91. The molecule has 7 aromatic rings. The van der Waals surface area contributed by atoms with E-state index in [1.165, 1.54) is 0 Å². The topological polar surface area (TPSA) is 90.6 Å². The second-order valence-electron chi connectivity index (χ2n) is 11.2. The van der Waals surface area contributed by atoms with Crippen molar-refractivity contribution < 1.29 is 0 Å². The SMILES string of the molecule is [C-]#[N+]c1ccnc(-c2ccc(-c3cc(-c4ccc(-c5cncc(C#N)c5)cc4)cc(-c4ccc(-c5cncc(C#N)c5)cc4)c3)cc2)c1. The van der Waals surface area contributed by atoms with Crippen LogP contribution in [0.3, 0.4) is 0 Å². The average Bonchev–Trinajstić information content (AvgIpc) is 3.18. The lowest BCUT2D eigenvalue weighted by Crippen LogP contribution is -1.88. The number of benzene rings is 4. The molecule has 0 radical (unpaired) electrons. The largest absolute Gasteiger partial charge is 0.263 e. The van der Waals surface area contributed by atoms with Gasteiger partial charge in [0.1, 0.15) is 12.1 Å². The molecular weight excluding hydrogens is 589 g/mol.